The molecule has 0 spiro atoms. The molecule has 0 heterocycles. The molecule has 24 heavy (non-hydrogen) atoms. The van der Waals surface area contributed by atoms with E-state index in [4.69, 9.17) is 27.9 Å². The first-order chi connectivity index (χ1) is 11.6. The van der Waals surface area contributed by atoms with Gasteiger partial charge in [0, 0.05) is 17.6 Å². The number of benzene rings is 2. The highest BCUT2D eigenvalue weighted by atomic mass is 35.5. The van der Waals surface area contributed by atoms with E-state index >= 15 is 0 Å². The molecule has 130 valence electrons. The van der Waals surface area contributed by atoms with Crippen LogP contribution in [0.25, 0.3) is 0 Å². The number of ether oxygens (including phenoxy) is 1. The predicted octanol–water partition coefficient (Wildman–Crippen LogP) is 6.16. The van der Waals surface area contributed by atoms with Gasteiger partial charge in [0.15, 0.2) is 11.5 Å². The fourth-order valence-electron chi connectivity index (χ4n) is 2.34. The van der Waals surface area contributed by atoms with Gasteiger partial charge in [0.05, 0.1) is 5.02 Å². The number of phenols is 1. The molecule has 0 bridgehead atoms. The molecule has 2 rings (SSSR count). The van der Waals surface area contributed by atoms with E-state index in [-0.39, 0.29) is 5.75 Å². The quantitative estimate of drug-likeness (QED) is 0.521. The largest absolute Gasteiger partial charge is 0.504 e. The van der Waals surface area contributed by atoms with Crippen LogP contribution in [0, 0.1) is 0 Å². The molecule has 0 unspecified atom stereocenters. The van der Waals surface area contributed by atoms with Crippen LogP contribution in [0.3, 0.4) is 0 Å². The van der Waals surface area contributed by atoms with Gasteiger partial charge in [-0.15, -0.1) is 0 Å². The van der Waals surface area contributed by atoms with Crippen LogP contribution in [0.2, 0.25) is 10.0 Å². The lowest BCUT2D eigenvalue weighted by Crippen LogP contribution is -2.14. The minimum Gasteiger partial charge on any atom is -0.504 e. The lowest BCUT2D eigenvalue weighted by Gasteiger charge is -2.11. The zero-order chi connectivity index (χ0) is 17.4. The average Bonchev–Trinajstić information content (AvgIpc) is 2.55. The van der Waals surface area contributed by atoms with Gasteiger partial charge in [0.1, 0.15) is 5.75 Å². The monoisotopic (exact) mass is 367 g/mol. The van der Waals surface area contributed by atoms with E-state index in [1.54, 1.807) is 12.1 Å². The van der Waals surface area contributed by atoms with Gasteiger partial charge in [0.25, 0.3) is 0 Å². The molecule has 0 aliphatic rings. The fraction of sp³-hybridized carbons (Fsp3) is 0.368. The highest BCUT2D eigenvalue weighted by Crippen LogP contribution is 2.36. The average molecular weight is 368 g/mol. The van der Waals surface area contributed by atoms with Crippen LogP contribution < -0.4 is 10.1 Å². The topological polar surface area (TPSA) is 41.5 Å². The van der Waals surface area contributed by atoms with E-state index in [0.29, 0.717) is 21.5 Å². The van der Waals surface area contributed by atoms with Crippen molar-refractivity contribution in [1.82, 2.24) is 5.32 Å². The molecule has 0 fully saturated rings. The van der Waals surface area contributed by atoms with E-state index in [0.717, 1.165) is 18.7 Å². The molecular weight excluding hydrogens is 345 g/mol. The van der Waals surface area contributed by atoms with Gasteiger partial charge in [-0.05, 0) is 42.8 Å². The van der Waals surface area contributed by atoms with E-state index < -0.39 is 0 Å². The number of nitrogens with one attached hydrogen (secondary N) is 1. The van der Waals surface area contributed by atoms with Crippen molar-refractivity contribution in [2.45, 2.75) is 39.2 Å². The summed E-state index contributed by atoms with van der Waals surface area (Å²) in [5.41, 5.74) is 1.10. The summed E-state index contributed by atoms with van der Waals surface area (Å²) >= 11 is 12.1. The summed E-state index contributed by atoms with van der Waals surface area (Å²) in [4.78, 5) is 0. The number of phenolic OH excluding ortho intramolecular Hbond substituents is 1. The zero-order valence-corrected chi connectivity index (χ0v) is 15.3. The summed E-state index contributed by atoms with van der Waals surface area (Å²) in [7, 11) is 0. The first kappa shape index (κ1) is 18.9. The number of unbranched alkanes of at least 4 members (excludes halogenated alkanes) is 3. The smallest absolute Gasteiger partial charge is 0.169 e. The second kappa shape index (κ2) is 9.77. The van der Waals surface area contributed by atoms with Gasteiger partial charge in [-0.25, -0.2) is 0 Å². The maximum absolute atomic E-state index is 9.84. The molecule has 3 nitrogen and oxygen atoms in total. The Labute approximate surface area is 153 Å². The van der Waals surface area contributed by atoms with E-state index in [2.05, 4.69) is 12.2 Å². The Morgan fingerprint density at radius 3 is 2.50 bits per heavy atom. The Morgan fingerprint density at radius 2 is 1.79 bits per heavy atom. The summed E-state index contributed by atoms with van der Waals surface area (Å²) < 4.78 is 5.66. The Kier molecular flexibility index (Phi) is 7.70. The molecule has 0 saturated carbocycles. The molecule has 0 aliphatic carbocycles. The number of hydrogen-bond acceptors (Lipinski definition) is 3. The third-order valence-electron chi connectivity index (χ3n) is 3.67. The normalized spacial score (nSPS) is 10.8. The standard InChI is InChI=1S/C19H23Cl2NO2/c1-2-3-4-5-10-22-13-14-6-8-18(16(21)11-14)24-19-9-7-15(20)12-17(19)23/h6-9,11-12,22-23H,2-5,10,13H2,1H3. The Morgan fingerprint density at radius 1 is 1.00 bits per heavy atom. The van der Waals surface area contributed by atoms with Crippen LogP contribution in [-0.2, 0) is 6.54 Å². The zero-order valence-electron chi connectivity index (χ0n) is 13.8. The van der Waals surface area contributed by atoms with Crippen molar-refractivity contribution in [1.29, 1.82) is 0 Å². The molecule has 2 aromatic rings. The number of aromatic hydroxyl groups is 1. The molecule has 0 aromatic heterocycles. The Balaban J connectivity index is 1.89. The maximum Gasteiger partial charge on any atom is 0.169 e. The van der Waals surface area contributed by atoms with E-state index in [9.17, 15) is 5.11 Å². The summed E-state index contributed by atoms with van der Waals surface area (Å²) in [6.45, 7) is 4.00. The van der Waals surface area contributed by atoms with Gasteiger partial charge >= 0.3 is 0 Å². The predicted molar refractivity (Wildman–Crippen MR) is 100 cm³/mol. The van der Waals surface area contributed by atoms with Crippen molar-refractivity contribution >= 4 is 23.2 Å². The van der Waals surface area contributed by atoms with Crippen LogP contribution >= 0.6 is 23.2 Å². The molecule has 5 heteroatoms. The summed E-state index contributed by atoms with van der Waals surface area (Å²) in [6.07, 6.45) is 5.00. The highest BCUT2D eigenvalue weighted by molar-refractivity contribution is 6.32. The Hall–Kier alpha value is -1.42. The van der Waals surface area contributed by atoms with E-state index in [1.165, 1.54) is 31.7 Å². The summed E-state index contributed by atoms with van der Waals surface area (Å²) in [6, 6.07) is 10.4. The SMILES string of the molecule is CCCCCCNCc1ccc(Oc2ccc(Cl)cc2O)c(Cl)c1. The molecule has 2 N–H and O–H groups in total. The minimum absolute atomic E-state index is 0.0172. The number of hydrogen-bond donors (Lipinski definition) is 2. The van der Waals surface area contributed by atoms with Crippen LogP contribution in [0.15, 0.2) is 36.4 Å². The van der Waals surface area contributed by atoms with Crippen LogP contribution in [0.5, 0.6) is 17.2 Å². The van der Waals surface area contributed by atoms with Crippen molar-refractivity contribution in [3.8, 4) is 17.2 Å². The molecule has 0 amide bonds. The maximum atomic E-state index is 9.84. The van der Waals surface area contributed by atoms with Crippen molar-refractivity contribution in [3.63, 3.8) is 0 Å². The van der Waals surface area contributed by atoms with Gasteiger partial charge in [-0.2, -0.15) is 0 Å². The van der Waals surface area contributed by atoms with Crippen molar-refractivity contribution < 1.29 is 9.84 Å². The minimum atomic E-state index is -0.0172. The van der Waals surface area contributed by atoms with Crippen molar-refractivity contribution in [2.75, 3.05) is 6.54 Å². The second-order valence-corrected chi connectivity index (χ2v) is 6.56. The lowest BCUT2D eigenvalue weighted by atomic mass is 10.2. The molecule has 0 aliphatic heterocycles. The molecule has 0 saturated heterocycles. The fourth-order valence-corrected chi connectivity index (χ4v) is 2.75. The molecule has 0 radical (unpaired) electrons. The van der Waals surface area contributed by atoms with Crippen LogP contribution in [-0.4, -0.2) is 11.7 Å². The summed E-state index contributed by atoms with van der Waals surface area (Å²) in [5.74, 6) is 0.806. The first-order valence-electron chi connectivity index (χ1n) is 8.25. The van der Waals surface area contributed by atoms with Gasteiger partial charge in [-0.1, -0.05) is 55.5 Å². The molecule has 2 aromatic carbocycles. The number of halogens is 2. The Bertz CT molecular complexity index is 662. The van der Waals surface area contributed by atoms with Gasteiger partial charge in [-0.3, -0.25) is 0 Å². The van der Waals surface area contributed by atoms with Crippen molar-refractivity contribution in [2.24, 2.45) is 0 Å². The lowest BCUT2D eigenvalue weighted by molar-refractivity contribution is 0.411. The second-order valence-electron chi connectivity index (χ2n) is 5.72. The highest BCUT2D eigenvalue weighted by Gasteiger charge is 2.08. The van der Waals surface area contributed by atoms with Crippen LogP contribution in [0.4, 0.5) is 0 Å². The first-order valence-corrected chi connectivity index (χ1v) is 9.01. The molecular formula is C19H23Cl2NO2. The number of rotatable bonds is 9. The van der Waals surface area contributed by atoms with Gasteiger partial charge in [0.2, 0.25) is 0 Å². The third kappa shape index (κ3) is 5.90. The molecule has 0 atom stereocenters. The van der Waals surface area contributed by atoms with Gasteiger partial charge < -0.3 is 15.2 Å². The third-order valence-corrected chi connectivity index (χ3v) is 4.20. The van der Waals surface area contributed by atoms with E-state index in [1.807, 2.05) is 18.2 Å². The van der Waals surface area contributed by atoms with Crippen LogP contribution in [0.1, 0.15) is 38.2 Å². The summed E-state index contributed by atoms with van der Waals surface area (Å²) in [5, 5.41) is 14.2. The van der Waals surface area contributed by atoms with Crippen molar-refractivity contribution in [3.05, 3.63) is 52.0 Å².